The van der Waals surface area contributed by atoms with Gasteiger partial charge in [-0.1, -0.05) is 35.9 Å². The zero-order chi connectivity index (χ0) is 22.2. The number of nitrogens with zero attached hydrogens (tertiary/aromatic N) is 3. The molecule has 1 aromatic heterocycles. The quantitative estimate of drug-likeness (QED) is 0.652. The summed E-state index contributed by atoms with van der Waals surface area (Å²) in [5, 5.41) is 3.51. The van der Waals surface area contributed by atoms with Gasteiger partial charge in [-0.05, 0) is 61.4 Å². The highest BCUT2D eigenvalue weighted by Crippen LogP contribution is 2.39. The number of likely N-dealkylation sites (tertiary alicyclic amines) is 1. The van der Waals surface area contributed by atoms with Crippen LogP contribution in [-0.2, 0) is 17.8 Å². The average molecular weight is 453 g/mol. The summed E-state index contributed by atoms with van der Waals surface area (Å²) in [6.45, 7) is 1.94. The molecule has 1 fully saturated rings. The highest BCUT2D eigenvalue weighted by Gasteiger charge is 2.32. The van der Waals surface area contributed by atoms with E-state index >= 15 is 0 Å². The van der Waals surface area contributed by atoms with Crippen LogP contribution in [0.3, 0.4) is 0 Å². The first-order valence-electron chi connectivity index (χ1n) is 11.5. The van der Waals surface area contributed by atoms with Gasteiger partial charge in [0.15, 0.2) is 0 Å². The zero-order valence-corrected chi connectivity index (χ0v) is 19.1. The van der Waals surface area contributed by atoms with Gasteiger partial charge in [0.2, 0.25) is 5.91 Å². The van der Waals surface area contributed by atoms with Gasteiger partial charge in [0, 0.05) is 37.2 Å². The number of hydrogen-bond donors (Lipinski definition) is 1. The summed E-state index contributed by atoms with van der Waals surface area (Å²) in [4.78, 5) is 27.9. The number of fused-ring (bicyclic) bond motifs is 2. The van der Waals surface area contributed by atoms with Gasteiger partial charge >= 0.3 is 5.69 Å². The molecule has 0 saturated carbocycles. The monoisotopic (exact) mass is 452 g/mol. The summed E-state index contributed by atoms with van der Waals surface area (Å²) in [6.07, 6.45) is 5.21. The van der Waals surface area contributed by atoms with Crippen LogP contribution in [0.4, 0.5) is 0 Å². The molecule has 7 heteroatoms. The number of imidazole rings is 1. The van der Waals surface area contributed by atoms with Crippen LogP contribution in [0, 0.1) is 0 Å². The minimum Gasteiger partial charge on any atom is -0.358 e. The number of hydrogen-bond acceptors (Lipinski definition) is 3. The molecule has 6 nitrogen and oxygen atoms in total. The number of aromatic nitrogens is 2. The fourth-order valence-electron chi connectivity index (χ4n) is 5.57. The molecule has 32 heavy (non-hydrogen) atoms. The predicted molar refractivity (Wildman–Crippen MR) is 127 cm³/mol. The van der Waals surface area contributed by atoms with Gasteiger partial charge in [-0.25, -0.2) is 4.79 Å². The summed E-state index contributed by atoms with van der Waals surface area (Å²) in [6, 6.07) is 14.6. The first-order valence-corrected chi connectivity index (χ1v) is 11.9. The van der Waals surface area contributed by atoms with Crippen molar-refractivity contribution < 1.29 is 4.79 Å². The Balaban J connectivity index is 1.40. The van der Waals surface area contributed by atoms with Crippen molar-refractivity contribution in [2.75, 3.05) is 20.1 Å². The zero-order valence-electron chi connectivity index (χ0n) is 18.4. The summed E-state index contributed by atoms with van der Waals surface area (Å²) in [5.74, 6) is -0.167. The van der Waals surface area contributed by atoms with E-state index < -0.39 is 0 Å². The fraction of sp³-hybridized carbons (Fsp3) is 0.440. The Morgan fingerprint density at radius 2 is 1.81 bits per heavy atom. The molecule has 1 N–H and O–H groups in total. The van der Waals surface area contributed by atoms with E-state index in [1.165, 1.54) is 11.1 Å². The van der Waals surface area contributed by atoms with E-state index in [4.69, 9.17) is 11.6 Å². The first-order chi connectivity index (χ1) is 15.6. The molecule has 2 aromatic carbocycles. The molecular weight excluding hydrogens is 424 g/mol. The Morgan fingerprint density at radius 1 is 1.06 bits per heavy atom. The fourth-order valence-corrected chi connectivity index (χ4v) is 5.85. The SMILES string of the molecule is CNC(=O)Cn1c(=O)n(C2CCN(C3CCCc4c(Cl)cccc43)CC2)c2ccccc21. The van der Waals surface area contributed by atoms with Gasteiger partial charge < -0.3 is 5.32 Å². The molecule has 3 aromatic rings. The van der Waals surface area contributed by atoms with Crippen LogP contribution < -0.4 is 11.0 Å². The number of piperidine rings is 1. The Hall–Kier alpha value is -2.57. The second-order valence-electron chi connectivity index (χ2n) is 8.88. The molecule has 0 bridgehead atoms. The van der Waals surface area contributed by atoms with Gasteiger partial charge in [-0.3, -0.25) is 18.8 Å². The van der Waals surface area contributed by atoms with Gasteiger partial charge in [-0.15, -0.1) is 0 Å². The van der Waals surface area contributed by atoms with Crippen LogP contribution in [0.1, 0.15) is 48.9 Å². The maximum Gasteiger partial charge on any atom is 0.329 e. The lowest BCUT2D eigenvalue weighted by atomic mass is 9.85. The van der Waals surface area contributed by atoms with E-state index in [9.17, 15) is 9.59 Å². The summed E-state index contributed by atoms with van der Waals surface area (Å²) < 4.78 is 3.52. The van der Waals surface area contributed by atoms with E-state index in [1.807, 2.05) is 34.9 Å². The lowest BCUT2D eigenvalue weighted by Crippen LogP contribution is -2.41. The topological polar surface area (TPSA) is 59.3 Å². The molecule has 168 valence electrons. The predicted octanol–water partition coefficient (Wildman–Crippen LogP) is 3.92. The van der Waals surface area contributed by atoms with E-state index in [0.29, 0.717) is 6.04 Å². The second-order valence-corrected chi connectivity index (χ2v) is 9.29. The Bertz CT molecular complexity index is 1210. The molecule has 1 unspecified atom stereocenters. The Kier molecular flexibility index (Phi) is 5.82. The van der Waals surface area contributed by atoms with Crippen LogP contribution >= 0.6 is 11.6 Å². The van der Waals surface area contributed by atoms with Crippen LogP contribution in [0.5, 0.6) is 0 Å². The normalized spacial score (nSPS) is 19.8. The third-order valence-electron chi connectivity index (χ3n) is 7.17. The van der Waals surface area contributed by atoms with Crippen molar-refractivity contribution in [1.29, 1.82) is 0 Å². The van der Waals surface area contributed by atoms with Crippen molar-refractivity contribution in [1.82, 2.24) is 19.4 Å². The third-order valence-corrected chi connectivity index (χ3v) is 7.53. The highest BCUT2D eigenvalue weighted by molar-refractivity contribution is 6.31. The number of nitrogens with one attached hydrogen (secondary N) is 1. The third kappa shape index (κ3) is 3.65. The molecule has 1 atom stereocenters. The van der Waals surface area contributed by atoms with E-state index in [2.05, 4.69) is 22.3 Å². The van der Waals surface area contributed by atoms with Gasteiger partial charge in [0.1, 0.15) is 6.54 Å². The summed E-state index contributed by atoms with van der Waals surface area (Å²) >= 11 is 6.48. The first kappa shape index (κ1) is 21.3. The molecule has 2 heterocycles. The number of para-hydroxylation sites is 2. The van der Waals surface area contributed by atoms with Crippen molar-refractivity contribution in [3.05, 3.63) is 69.1 Å². The molecule has 5 rings (SSSR count). The maximum atomic E-state index is 13.3. The van der Waals surface area contributed by atoms with Crippen LogP contribution in [0.2, 0.25) is 5.02 Å². The molecule has 1 aliphatic carbocycles. The van der Waals surface area contributed by atoms with Gasteiger partial charge in [-0.2, -0.15) is 0 Å². The summed E-state index contributed by atoms with van der Waals surface area (Å²) in [5.41, 5.74) is 4.32. The number of benzene rings is 2. The molecular formula is C25H29ClN4O2. The van der Waals surface area contributed by atoms with Crippen LogP contribution in [-0.4, -0.2) is 40.1 Å². The number of halogens is 1. The molecule has 1 amide bonds. The van der Waals surface area contributed by atoms with Crippen molar-refractivity contribution in [3.63, 3.8) is 0 Å². The number of carbonyl (C=O) groups is 1. The Labute approximate surface area is 192 Å². The smallest absolute Gasteiger partial charge is 0.329 e. The molecule has 1 aliphatic heterocycles. The van der Waals surface area contributed by atoms with Gasteiger partial charge in [0.25, 0.3) is 0 Å². The standard InChI is InChI=1S/C25H29ClN4O2/c1-27-24(31)16-29-22-9-2-3-10-23(22)30(25(29)32)17-12-14-28(15-13-17)21-11-5-6-18-19(21)7-4-8-20(18)26/h2-4,7-10,17,21H,5-6,11-16H2,1H3,(H,27,31). The van der Waals surface area contributed by atoms with E-state index in [0.717, 1.165) is 61.2 Å². The van der Waals surface area contributed by atoms with Crippen LogP contribution in [0.25, 0.3) is 11.0 Å². The number of likely N-dealkylation sites (N-methyl/N-ethyl adjacent to an activating group) is 1. The lowest BCUT2D eigenvalue weighted by Gasteiger charge is -2.40. The minimum absolute atomic E-state index is 0.0430. The number of carbonyl (C=O) groups excluding carboxylic acids is 1. The second kappa shape index (κ2) is 8.75. The lowest BCUT2D eigenvalue weighted by molar-refractivity contribution is -0.121. The van der Waals surface area contributed by atoms with Crippen LogP contribution in [0.15, 0.2) is 47.3 Å². The molecule has 0 radical (unpaired) electrons. The highest BCUT2D eigenvalue weighted by atomic mass is 35.5. The summed E-state index contributed by atoms with van der Waals surface area (Å²) in [7, 11) is 1.60. The van der Waals surface area contributed by atoms with Crippen molar-refractivity contribution in [2.45, 2.75) is 50.7 Å². The average Bonchev–Trinajstić information content (AvgIpc) is 3.10. The largest absolute Gasteiger partial charge is 0.358 e. The van der Waals surface area contributed by atoms with Crippen molar-refractivity contribution in [2.24, 2.45) is 0 Å². The maximum absolute atomic E-state index is 13.3. The Morgan fingerprint density at radius 3 is 2.56 bits per heavy atom. The van der Waals surface area contributed by atoms with Crippen molar-refractivity contribution >= 4 is 28.5 Å². The van der Waals surface area contributed by atoms with Crippen molar-refractivity contribution in [3.8, 4) is 0 Å². The van der Waals surface area contributed by atoms with E-state index in [-0.39, 0.29) is 24.2 Å². The molecule has 0 spiro atoms. The number of rotatable bonds is 4. The minimum atomic E-state index is -0.167. The number of amides is 1. The van der Waals surface area contributed by atoms with Gasteiger partial charge in [0.05, 0.1) is 11.0 Å². The molecule has 1 saturated heterocycles. The molecule has 2 aliphatic rings. The van der Waals surface area contributed by atoms with E-state index in [1.54, 1.807) is 11.6 Å².